The molecule has 6 N–H and O–H groups in total. The third-order valence-corrected chi connectivity index (χ3v) is 1.26. The zero-order valence-corrected chi connectivity index (χ0v) is 6.79. The van der Waals surface area contributed by atoms with E-state index >= 15 is 0 Å². The van der Waals surface area contributed by atoms with Crippen LogP contribution in [-0.4, -0.2) is 48.6 Å². The van der Waals surface area contributed by atoms with Crippen LogP contribution in [0.2, 0.25) is 0 Å². The molecule has 0 saturated carbocycles. The van der Waals surface area contributed by atoms with Crippen molar-refractivity contribution in [3.63, 3.8) is 0 Å². The Hall–Kier alpha value is -0.850. The molecule has 0 heterocycles. The summed E-state index contributed by atoms with van der Waals surface area (Å²) in [4.78, 5) is 10.1. The van der Waals surface area contributed by atoms with Gasteiger partial charge >= 0.3 is 6.09 Å². The fourth-order valence-electron chi connectivity index (χ4n) is 0.714. The Morgan fingerprint density at radius 1 is 1.58 bits per heavy atom. The third-order valence-electron chi connectivity index (χ3n) is 1.26. The van der Waals surface area contributed by atoms with Crippen molar-refractivity contribution >= 4 is 6.09 Å². The van der Waals surface area contributed by atoms with Crippen molar-refractivity contribution in [1.82, 2.24) is 10.6 Å². The normalized spacial score (nSPS) is 12.5. The molecule has 1 unspecified atom stereocenters. The van der Waals surface area contributed by atoms with Crippen LogP contribution in [0, 0.1) is 0 Å². The van der Waals surface area contributed by atoms with E-state index in [2.05, 4.69) is 10.6 Å². The van der Waals surface area contributed by atoms with Crippen molar-refractivity contribution in [3.05, 3.63) is 0 Å². The molecule has 1 amide bonds. The predicted octanol–water partition coefficient (Wildman–Crippen LogP) is -1.84. The second-order valence-corrected chi connectivity index (χ2v) is 2.32. The molecule has 0 spiro atoms. The van der Waals surface area contributed by atoms with Crippen LogP contribution in [0.25, 0.3) is 0 Å². The van der Waals surface area contributed by atoms with Crippen molar-refractivity contribution < 1.29 is 15.0 Å². The van der Waals surface area contributed by atoms with Crippen molar-refractivity contribution in [2.45, 2.75) is 6.04 Å². The Labute approximate surface area is 70.8 Å². The highest BCUT2D eigenvalue weighted by Crippen LogP contribution is 1.78. The Morgan fingerprint density at radius 2 is 2.25 bits per heavy atom. The molecule has 0 aliphatic carbocycles. The largest absolute Gasteiger partial charge is 0.465 e. The SMILES string of the molecule is NCCNCC(CO)NC(=O)O. The van der Waals surface area contributed by atoms with Gasteiger partial charge in [0.05, 0.1) is 12.6 Å². The third kappa shape index (κ3) is 5.90. The highest BCUT2D eigenvalue weighted by molar-refractivity contribution is 5.64. The molecule has 0 saturated heterocycles. The van der Waals surface area contributed by atoms with Gasteiger partial charge in [-0.1, -0.05) is 0 Å². The van der Waals surface area contributed by atoms with Gasteiger partial charge in [0, 0.05) is 19.6 Å². The molecule has 6 nitrogen and oxygen atoms in total. The van der Waals surface area contributed by atoms with E-state index in [4.69, 9.17) is 15.9 Å². The van der Waals surface area contributed by atoms with Gasteiger partial charge in [-0.15, -0.1) is 0 Å². The van der Waals surface area contributed by atoms with E-state index in [9.17, 15) is 4.79 Å². The Kier molecular flexibility index (Phi) is 6.35. The monoisotopic (exact) mass is 177 g/mol. The molecule has 0 fully saturated rings. The maximum atomic E-state index is 10.1. The molecule has 0 aromatic carbocycles. The summed E-state index contributed by atoms with van der Waals surface area (Å²) in [6.45, 7) is 1.27. The molecule has 1 atom stereocenters. The summed E-state index contributed by atoms with van der Waals surface area (Å²) < 4.78 is 0. The first-order valence-corrected chi connectivity index (χ1v) is 3.71. The summed E-state index contributed by atoms with van der Waals surface area (Å²) in [6, 6.07) is -0.464. The summed E-state index contributed by atoms with van der Waals surface area (Å²) in [7, 11) is 0. The van der Waals surface area contributed by atoms with Gasteiger partial charge in [-0.3, -0.25) is 0 Å². The summed E-state index contributed by atoms with van der Waals surface area (Å²) in [5.74, 6) is 0. The van der Waals surface area contributed by atoms with E-state index in [1.54, 1.807) is 0 Å². The van der Waals surface area contributed by atoms with Crippen LogP contribution in [0.15, 0.2) is 0 Å². The molecule has 0 aromatic rings. The fourth-order valence-corrected chi connectivity index (χ4v) is 0.714. The van der Waals surface area contributed by atoms with Gasteiger partial charge in [0.15, 0.2) is 0 Å². The molecule has 0 aliphatic rings. The minimum Gasteiger partial charge on any atom is -0.465 e. The van der Waals surface area contributed by atoms with E-state index in [0.29, 0.717) is 19.6 Å². The molecule has 6 heteroatoms. The number of carbonyl (C=O) groups is 1. The lowest BCUT2D eigenvalue weighted by atomic mass is 10.3. The second kappa shape index (κ2) is 6.84. The highest BCUT2D eigenvalue weighted by atomic mass is 16.4. The van der Waals surface area contributed by atoms with Crippen LogP contribution >= 0.6 is 0 Å². The quantitative estimate of drug-likeness (QED) is 0.306. The van der Waals surface area contributed by atoms with Crippen molar-refractivity contribution in [2.24, 2.45) is 5.73 Å². The van der Waals surface area contributed by atoms with Crippen LogP contribution in [0.4, 0.5) is 4.79 Å². The van der Waals surface area contributed by atoms with Gasteiger partial charge in [0.25, 0.3) is 0 Å². The summed E-state index contributed by atoms with van der Waals surface area (Å²) >= 11 is 0. The molecule has 12 heavy (non-hydrogen) atoms. The van der Waals surface area contributed by atoms with Gasteiger partial charge in [0.1, 0.15) is 0 Å². The maximum Gasteiger partial charge on any atom is 0.405 e. The molecular formula is C6H15N3O3. The zero-order chi connectivity index (χ0) is 9.40. The van der Waals surface area contributed by atoms with Crippen molar-refractivity contribution in [1.29, 1.82) is 0 Å². The molecule has 0 aliphatic heterocycles. The number of aliphatic hydroxyl groups is 1. The Balaban J connectivity index is 3.46. The average molecular weight is 177 g/mol. The van der Waals surface area contributed by atoms with Crippen LogP contribution in [0.1, 0.15) is 0 Å². The number of nitrogens with one attached hydrogen (secondary N) is 2. The van der Waals surface area contributed by atoms with E-state index < -0.39 is 12.1 Å². The number of aliphatic hydroxyl groups excluding tert-OH is 1. The Bertz CT molecular complexity index is 131. The first kappa shape index (κ1) is 11.2. The topological polar surface area (TPSA) is 108 Å². The average Bonchev–Trinajstić information content (AvgIpc) is 2.02. The fraction of sp³-hybridized carbons (Fsp3) is 0.833. The van der Waals surface area contributed by atoms with Crippen LogP contribution in [0.5, 0.6) is 0 Å². The van der Waals surface area contributed by atoms with Gasteiger partial charge in [-0.2, -0.15) is 0 Å². The lowest BCUT2D eigenvalue weighted by molar-refractivity contribution is 0.176. The van der Waals surface area contributed by atoms with Crippen LogP contribution in [-0.2, 0) is 0 Å². The van der Waals surface area contributed by atoms with Gasteiger partial charge < -0.3 is 26.6 Å². The highest BCUT2D eigenvalue weighted by Gasteiger charge is 2.08. The summed E-state index contributed by atoms with van der Waals surface area (Å²) in [5.41, 5.74) is 5.20. The Morgan fingerprint density at radius 3 is 2.67 bits per heavy atom. The lowest BCUT2D eigenvalue weighted by Crippen LogP contribution is -2.44. The first-order valence-electron chi connectivity index (χ1n) is 3.71. The number of nitrogens with two attached hydrogens (primary N) is 1. The first-order chi connectivity index (χ1) is 5.70. The number of rotatable bonds is 6. The van der Waals surface area contributed by atoms with Crippen LogP contribution in [0.3, 0.4) is 0 Å². The maximum absolute atomic E-state index is 10.1. The van der Waals surface area contributed by atoms with Gasteiger partial charge in [0.2, 0.25) is 0 Å². The van der Waals surface area contributed by atoms with Crippen molar-refractivity contribution in [3.8, 4) is 0 Å². The van der Waals surface area contributed by atoms with Crippen molar-refractivity contribution in [2.75, 3.05) is 26.2 Å². The minimum absolute atomic E-state index is 0.218. The predicted molar refractivity (Wildman–Crippen MR) is 44.0 cm³/mol. The summed E-state index contributed by atoms with van der Waals surface area (Å²) in [6.07, 6.45) is -1.14. The molecule has 0 bridgehead atoms. The molecular weight excluding hydrogens is 162 g/mol. The number of hydrogen-bond donors (Lipinski definition) is 5. The smallest absolute Gasteiger partial charge is 0.405 e. The van der Waals surface area contributed by atoms with Gasteiger partial charge in [-0.05, 0) is 0 Å². The van der Waals surface area contributed by atoms with E-state index in [0.717, 1.165) is 0 Å². The van der Waals surface area contributed by atoms with E-state index in [1.165, 1.54) is 0 Å². The molecule has 0 radical (unpaired) electrons. The number of hydrogen-bond acceptors (Lipinski definition) is 4. The molecule has 0 aromatic heterocycles. The lowest BCUT2D eigenvalue weighted by Gasteiger charge is -2.13. The number of amides is 1. The summed E-state index contributed by atoms with van der Waals surface area (Å²) in [5, 5.41) is 22.0. The molecule has 0 rings (SSSR count). The van der Waals surface area contributed by atoms with E-state index in [-0.39, 0.29) is 6.61 Å². The minimum atomic E-state index is -1.14. The number of carboxylic acid groups (broad SMARTS) is 1. The van der Waals surface area contributed by atoms with E-state index in [1.807, 2.05) is 0 Å². The standard InChI is InChI=1S/C6H15N3O3/c7-1-2-8-3-5(4-10)9-6(11)12/h5,8-10H,1-4,7H2,(H,11,12). The molecule has 72 valence electrons. The van der Waals surface area contributed by atoms with Gasteiger partial charge in [-0.25, -0.2) is 4.79 Å². The zero-order valence-electron chi connectivity index (χ0n) is 6.79. The van der Waals surface area contributed by atoms with Crippen LogP contribution < -0.4 is 16.4 Å². The second-order valence-electron chi connectivity index (χ2n) is 2.32.